The van der Waals surface area contributed by atoms with E-state index in [4.69, 9.17) is 28.2 Å². The number of aromatic amines is 2. The molecule has 4 N–H and O–H groups in total. The van der Waals surface area contributed by atoms with E-state index in [1.165, 1.54) is 12.8 Å². The third kappa shape index (κ3) is 6.04. The van der Waals surface area contributed by atoms with E-state index in [2.05, 4.69) is 30.7 Å². The number of imidazole rings is 1. The Kier molecular flexibility index (Phi) is 7.85. The van der Waals surface area contributed by atoms with Crippen molar-refractivity contribution < 1.29 is 4.79 Å². The number of benzene rings is 3. The molecular weight excluding hydrogens is 557 g/mol. The average Bonchev–Trinajstić information content (AvgIpc) is 3.73. The highest BCUT2D eigenvalue weighted by atomic mass is 35.5. The summed E-state index contributed by atoms with van der Waals surface area (Å²) in [7, 11) is 0. The van der Waals surface area contributed by atoms with Gasteiger partial charge in [-0.1, -0.05) is 65.7 Å². The minimum absolute atomic E-state index is 0.304. The molecule has 0 unspecified atom stereocenters. The molecule has 1 aliphatic heterocycles. The highest BCUT2D eigenvalue weighted by Crippen LogP contribution is 2.31. The largest absolute Gasteiger partial charge is 0.371 e. The minimum atomic E-state index is -0.445. The first-order chi connectivity index (χ1) is 19.9. The molecule has 1 fully saturated rings. The third-order valence-corrected chi connectivity index (χ3v) is 8.06. The lowest BCUT2D eigenvalue weighted by Crippen LogP contribution is -2.39. The average molecular weight is 589 g/mol. The van der Waals surface area contributed by atoms with Gasteiger partial charge < -0.3 is 20.5 Å². The van der Waals surface area contributed by atoms with Gasteiger partial charge in [-0.2, -0.15) is 5.10 Å². The van der Waals surface area contributed by atoms with E-state index in [-0.39, 0.29) is 6.03 Å². The summed E-state index contributed by atoms with van der Waals surface area (Å²) in [5, 5.41) is 15.6. The Bertz CT molecular complexity index is 1670. The van der Waals surface area contributed by atoms with E-state index in [1.807, 2.05) is 73.7 Å². The number of halogens is 2. The zero-order valence-electron chi connectivity index (χ0n) is 22.7. The van der Waals surface area contributed by atoms with E-state index in [0.717, 1.165) is 52.1 Å². The monoisotopic (exact) mass is 587 g/mol. The number of nitrogens with one attached hydrogen (secondary N) is 4. The number of hydrogen-bond acceptors (Lipinski definition) is 4. The Labute approximate surface area is 248 Å². The van der Waals surface area contributed by atoms with Crippen LogP contribution in [0.15, 0.2) is 66.7 Å². The van der Waals surface area contributed by atoms with Crippen molar-refractivity contribution in [3.05, 3.63) is 99.6 Å². The number of hydrogen-bond donors (Lipinski definition) is 4. The van der Waals surface area contributed by atoms with Crippen molar-refractivity contribution in [3.8, 4) is 11.3 Å². The van der Waals surface area contributed by atoms with E-state index in [9.17, 15) is 4.79 Å². The van der Waals surface area contributed by atoms with Gasteiger partial charge in [0.25, 0.3) is 0 Å². The molecule has 3 aromatic carbocycles. The predicted octanol–water partition coefficient (Wildman–Crippen LogP) is 6.95. The van der Waals surface area contributed by atoms with E-state index >= 15 is 0 Å². The lowest BCUT2D eigenvalue weighted by Gasteiger charge is -2.22. The molecule has 210 valence electrons. The quantitative estimate of drug-likeness (QED) is 0.158. The summed E-state index contributed by atoms with van der Waals surface area (Å²) in [4.78, 5) is 23.7. The number of aryl methyl sites for hydroxylation is 1. The van der Waals surface area contributed by atoms with E-state index in [1.54, 1.807) is 0 Å². The molecule has 1 aliphatic rings. The van der Waals surface area contributed by atoms with Crippen LogP contribution in [-0.2, 0) is 13.0 Å². The summed E-state index contributed by atoms with van der Waals surface area (Å²) in [6, 6.07) is 21.1. The summed E-state index contributed by atoms with van der Waals surface area (Å²) in [6.45, 7) is 4.33. The minimum Gasteiger partial charge on any atom is -0.371 e. The Morgan fingerprint density at radius 1 is 1.05 bits per heavy atom. The lowest BCUT2D eigenvalue weighted by atomic mass is 10.1. The number of urea groups is 1. The fraction of sp³-hybridized carbons (Fsp3) is 0.258. The number of H-pyrrole nitrogens is 2. The smallest absolute Gasteiger partial charge is 0.315 e. The van der Waals surface area contributed by atoms with Gasteiger partial charge in [-0.05, 0) is 61.6 Å². The molecule has 2 aromatic heterocycles. The van der Waals surface area contributed by atoms with Gasteiger partial charge in [-0.25, -0.2) is 9.78 Å². The van der Waals surface area contributed by atoms with Crippen LogP contribution in [0, 0.1) is 6.92 Å². The number of carbonyl (C=O) groups is 1. The van der Waals surface area contributed by atoms with Gasteiger partial charge in [0.05, 0.1) is 17.3 Å². The second kappa shape index (κ2) is 11.8. The second-order valence-corrected chi connectivity index (χ2v) is 11.2. The lowest BCUT2D eigenvalue weighted by molar-refractivity contribution is 0.236. The van der Waals surface area contributed by atoms with Crippen LogP contribution in [-0.4, -0.2) is 39.3 Å². The van der Waals surface area contributed by atoms with Crippen molar-refractivity contribution in [3.63, 3.8) is 0 Å². The van der Waals surface area contributed by atoms with E-state index in [0.29, 0.717) is 34.7 Å². The molecule has 1 atom stereocenters. The molecule has 0 saturated carbocycles. The molecule has 5 aromatic rings. The van der Waals surface area contributed by atoms with Crippen molar-refractivity contribution in [2.45, 2.75) is 38.8 Å². The van der Waals surface area contributed by atoms with Crippen LogP contribution in [0.2, 0.25) is 10.2 Å². The predicted molar refractivity (Wildman–Crippen MR) is 165 cm³/mol. The van der Waals surface area contributed by atoms with Crippen molar-refractivity contribution in [1.29, 1.82) is 0 Å². The Balaban J connectivity index is 1.23. The molecule has 8 nitrogen and oxygen atoms in total. The van der Waals surface area contributed by atoms with Gasteiger partial charge in [0.15, 0.2) is 0 Å². The summed E-state index contributed by atoms with van der Waals surface area (Å²) < 4.78 is 0. The number of rotatable bonds is 8. The summed E-state index contributed by atoms with van der Waals surface area (Å²) >= 11 is 13.0. The number of nitrogens with zero attached hydrogens (tertiary/aromatic N) is 3. The van der Waals surface area contributed by atoms with Crippen LogP contribution in [0.3, 0.4) is 0 Å². The fourth-order valence-corrected chi connectivity index (χ4v) is 5.89. The molecule has 3 heterocycles. The van der Waals surface area contributed by atoms with Crippen molar-refractivity contribution in [2.24, 2.45) is 0 Å². The number of aromatic nitrogens is 4. The molecule has 10 heteroatoms. The first-order valence-corrected chi connectivity index (χ1v) is 14.5. The molecule has 0 radical (unpaired) electrons. The van der Waals surface area contributed by atoms with Crippen molar-refractivity contribution in [1.82, 2.24) is 30.8 Å². The molecule has 0 aliphatic carbocycles. The number of anilines is 1. The van der Waals surface area contributed by atoms with Crippen LogP contribution < -0.4 is 15.5 Å². The van der Waals surface area contributed by atoms with Crippen LogP contribution in [0.25, 0.3) is 22.2 Å². The number of amides is 2. The highest BCUT2D eigenvalue weighted by Gasteiger charge is 2.23. The maximum atomic E-state index is 13.3. The Hall–Kier alpha value is -4.01. The van der Waals surface area contributed by atoms with Crippen LogP contribution in [0.1, 0.15) is 41.5 Å². The van der Waals surface area contributed by atoms with Crippen molar-refractivity contribution >= 4 is 45.8 Å². The third-order valence-electron chi connectivity index (χ3n) is 7.55. The van der Waals surface area contributed by atoms with Crippen LogP contribution in [0.5, 0.6) is 0 Å². The molecule has 0 bridgehead atoms. The molecular formula is C31H31Cl2N7O. The molecule has 41 heavy (non-hydrogen) atoms. The molecule has 2 amide bonds. The van der Waals surface area contributed by atoms with Crippen molar-refractivity contribution in [2.75, 3.05) is 18.0 Å². The van der Waals surface area contributed by atoms with Gasteiger partial charge in [0.2, 0.25) is 0 Å². The molecule has 6 rings (SSSR count). The number of fused-ring (bicyclic) bond motifs is 1. The Morgan fingerprint density at radius 2 is 1.85 bits per heavy atom. The standard InChI is InChI=1S/C31H31Cl2N7O/c1-19-24-11-9-21(17-25(24)39-38-19)28-29(33)37-30(36-28)26(15-20-7-3-2-4-8-20)35-31(41)34-18-22-16-23(32)10-12-27(22)40-13-5-6-14-40/h2-4,7-12,16-17,26H,5-6,13-15,18H2,1H3,(H,36,37)(H,38,39)(H2,34,35,41)/t26-/m0/s1. The fourth-order valence-electron chi connectivity index (χ4n) is 5.44. The van der Waals surface area contributed by atoms with Gasteiger partial charge >= 0.3 is 6.03 Å². The summed E-state index contributed by atoms with van der Waals surface area (Å²) in [6.07, 6.45) is 2.87. The normalized spacial score (nSPS) is 14.0. The van der Waals surface area contributed by atoms with Crippen LogP contribution in [0.4, 0.5) is 10.5 Å². The zero-order valence-corrected chi connectivity index (χ0v) is 24.2. The topological polar surface area (TPSA) is 102 Å². The zero-order chi connectivity index (χ0) is 28.3. The summed E-state index contributed by atoms with van der Waals surface area (Å²) in [5.41, 5.74) is 6.48. The first-order valence-electron chi connectivity index (χ1n) is 13.8. The second-order valence-electron chi connectivity index (χ2n) is 10.4. The number of carbonyl (C=O) groups excluding carboxylic acids is 1. The molecule has 0 spiro atoms. The highest BCUT2D eigenvalue weighted by molar-refractivity contribution is 6.32. The van der Waals surface area contributed by atoms with E-state index < -0.39 is 6.04 Å². The Morgan fingerprint density at radius 3 is 2.66 bits per heavy atom. The van der Waals surface area contributed by atoms with Gasteiger partial charge in [-0.3, -0.25) is 5.10 Å². The summed E-state index contributed by atoms with van der Waals surface area (Å²) in [5.74, 6) is 0.574. The molecule has 1 saturated heterocycles. The van der Waals surface area contributed by atoms with Gasteiger partial charge in [-0.15, -0.1) is 0 Å². The van der Waals surface area contributed by atoms with Gasteiger partial charge in [0, 0.05) is 41.3 Å². The SMILES string of the molecule is Cc1n[nH]c2cc(-c3nc([C@H](Cc4ccccc4)NC(=O)NCc4cc(Cl)ccc4N4CCCC4)[nH]c3Cl)ccc12. The van der Waals surface area contributed by atoms with Crippen LogP contribution >= 0.6 is 23.2 Å². The first kappa shape index (κ1) is 27.2. The maximum absolute atomic E-state index is 13.3. The maximum Gasteiger partial charge on any atom is 0.315 e. The van der Waals surface area contributed by atoms with Gasteiger partial charge in [0.1, 0.15) is 16.7 Å².